The smallest absolute Gasteiger partial charge is 0.0730 e. The van der Waals surface area contributed by atoms with Crippen molar-refractivity contribution in [3.63, 3.8) is 0 Å². The fourth-order valence-electron chi connectivity index (χ4n) is 0.988. The second-order valence-electron chi connectivity index (χ2n) is 2.43. The molecule has 4 heteroatoms. The molecule has 0 bridgehead atoms. The Kier molecular flexibility index (Phi) is 2.89. The predicted octanol–water partition coefficient (Wildman–Crippen LogP) is 1.10. The lowest BCUT2D eigenvalue weighted by Gasteiger charge is -1.99. The maximum Gasteiger partial charge on any atom is 0.0730 e. The monoisotopic (exact) mass is 266 g/mol. The topological polar surface area (TPSA) is 38.0 Å². The van der Waals surface area contributed by atoms with Gasteiger partial charge < -0.3 is 5.11 Å². The quantitative estimate of drug-likeness (QED) is 0.814. The predicted molar refractivity (Wildman–Crippen MR) is 51.5 cm³/mol. The summed E-state index contributed by atoms with van der Waals surface area (Å²) in [6.07, 6.45) is 0. The standard InChI is InChI=1S/C7H11IN2O/c1-5-7(8)6(2)10(9-5)3-4-11/h11H,3-4H2,1-2H3. The van der Waals surface area contributed by atoms with Crippen LogP contribution < -0.4 is 0 Å². The van der Waals surface area contributed by atoms with Crippen molar-refractivity contribution in [2.45, 2.75) is 20.4 Å². The van der Waals surface area contributed by atoms with Crippen LogP contribution in [-0.4, -0.2) is 21.5 Å². The number of nitrogens with zero attached hydrogens (tertiary/aromatic N) is 2. The molecule has 0 aliphatic rings. The molecule has 0 amide bonds. The minimum Gasteiger partial charge on any atom is -0.394 e. The van der Waals surface area contributed by atoms with Gasteiger partial charge in [0.15, 0.2) is 0 Å². The SMILES string of the molecule is Cc1nn(CCO)c(C)c1I. The van der Waals surface area contributed by atoms with Crippen LogP contribution in [-0.2, 0) is 6.54 Å². The van der Waals surface area contributed by atoms with Gasteiger partial charge in [0, 0.05) is 5.69 Å². The van der Waals surface area contributed by atoms with Gasteiger partial charge in [0.05, 0.1) is 22.4 Å². The third-order valence-corrected chi connectivity index (χ3v) is 3.17. The summed E-state index contributed by atoms with van der Waals surface area (Å²) in [5, 5.41) is 12.9. The molecule has 0 atom stereocenters. The number of halogens is 1. The molecule has 0 aromatic carbocycles. The van der Waals surface area contributed by atoms with Crippen LogP contribution in [0.3, 0.4) is 0 Å². The first-order valence-electron chi connectivity index (χ1n) is 3.47. The molecule has 1 N–H and O–H groups in total. The minimum atomic E-state index is 0.151. The van der Waals surface area contributed by atoms with Crippen molar-refractivity contribution in [1.29, 1.82) is 0 Å². The highest BCUT2D eigenvalue weighted by Crippen LogP contribution is 2.14. The largest absolute Gasteiger partial charge is 0.394 e. The van der Waals surface area contributed by atoms with E-state index < -0.39 is 0 Å². The van der Waals surface area contributed by atoms with E-state index >= 15 is 0 Å². The molecule has 1 heterocycles. The molecular formula is C7H11IN2O. The summed E-state index contributed by atoms with van der Waals surface area (Å²) in [7, 11) is 0. The van der Waals surface area contributed by atoms with E-state index in [9.17, 15) is 0 Å². The van der Waals surface area contributed by atoms with Crippen molar-refractivity contribution >= 4 is 22.6 Å². The van der Waals surface area contributed by atoms with E-state index in [2.05, 4.69) is 27.7 Å². The number of aliphatic hydroxyl groups is 1. The Bertz CT molecular complexity index is 257. The van der Waals surface area contributed by atoms with Crippen LogP contribution in [0.2, 0.25) is 0 Å². The second-order valence-corrected chi connectivity index (χ2v) is 3.51. The van der Waals surface area contributed by atoms with E-state index in [1.54, 1.807) is 0 Å². The van der Waals surface area contributed by atoms with E-state index in [4.69, 9.17) is 5.11 Å². The average molecular weight is 266 g/mol. The Morgan fingerprint density at radius 2 is 2.18 bits per heavy atom. The summed E-state index contributed by atoms with van der Waals surface area (Å²) < 4.78 is 3.02. The van der Waals surface area contributed by atoms with Crippen LogP contribution in [0.5, 0.6) is 0 Å². The Hall–Kier alpha value is -0.100. The van der Waals surface area contributed by atoms with Crippen molar-refractivity contribution < 1.29 is 5.11 Å². The molecule has 0 unspecified atom stereocenters. The zero-order chi connectivity index (χ0) is 8.43. The van der Waals surface area contributed by atoms with Gasteiger partial charge in [-0.15, -0.1) is 0 Å². The van der Waals surface area contributed by atoms with Crippen LogP contribution in [0.15, 0.2) is 0 Å². The van der Waals surface area contributed by atoms with Crippen LogP contribution in [0.25, 0.3) is 0 Å². The molecule has 3 nitrogen and oxygen atoms in total. The first kappa shape index (κ1) is 8.99. The fraction of sp³-hybridized carbons (Fsp3) is 0.571. The Morgan fingerprint density at radius 3 is 2.55 bits per heavy atom. The molecular weight excluding hydrogens is 255 g/mol. The highest BCUT2D eigenvalue weighted by atomic mass is 127. The summed E-state index contributed by atoms with van der Waals surface area (Å²) in [5.41, 5.74) is 2.17. The Labute approximate surface area is 79.6 Å². The molecule has 0 aliphatic heterocycles. The van der Waals surface area contributed by atoms with Gasteiger partial charge in [-0.1, -0.05) is 0 Å². The highest BCUT2D eigenvalue weighted by molar-refractivity contribution is 14.1. The molecule has 0 aliphatic carbocycles. The van der Waals surface area contributed by atoms with Gasteiger partial charge in [-0.3, -0.25) is 4.68 Å². The van der Waals surface area contributed by atoms with E-state index in [1.807, 2.05) is 18.5 Å². The summed E-state index contributed by atoms with van der Waals surface area (Å²) >= 11 is 2.26. The van der Waals surface area contributed by atoms with Gasteiger partial charge in [-0.05, 0) is 36.4 Å². The number of rotatable bonds is 2. The third-order valence-electron chi connectivity index (χ3n) is 1.60. The zero-order valence-corrected chi connectivity index (χ0v) is 8.79. The van der Waals surface area contributed by atoms with E-state index in [0.29, 0.717) is 6.54 Å². The number of aryl methyl sites for hydroxylation is 1. The lowest BCUT2D eigenvalue weighted by atomic mass is 10.4. The third kappa shape index (κ3) is 1.73. The molecule has 1 rings (SSSR count). The minimum absolute atomic E-state index is 0.151. The number of hydrogen-bond acceptors (Lipinski definition) is 2. The molecule has 0 fully saturated rings. The van der Waals surface area contributed by atoms with Crippen LogP contribution in [0.1, 0.15) is 11.4 Å². The van der Waals surface area contributed by atoms with Crippen molar-refractivity contribution in [3.05, 3.63) is 15.0 Å². The van der Waals surface area contributed by atoms with Crippen LogP contribution in [0.4, 0.5) is 0 Å². The van der Waals surface area contributed by atoms with Gasteiger partial charge in [0.2, 0.25) is 0 Å². The molecule has 1 aromatic heterocycles. The van der Waals surface area contributed by atoms with Gasteiger partial charge in [-0.2, -0.15) is 5.10 Å². The van der Waals surface area contributed by atoms with Crippen molar-refractivity contribution in [1.82, 2.24) is 9.78 Å². The Morgan fingerprint density at radius 1 is 1.55 bits per heavy atom. The van der Waals surface area contributed by atoms with Gasteiger partial charge >= 0.3 is 0 Å². The normalized spacial score (nSPS) is 10.5. The summed E-state index contributed by atoms with van der Waals surface area (Å²) in [6, 6.07) is 0. The van der Waals surface area contributed by atoms with E-state index in [1.165, 1.54) is 3.57 Å². The van der Waals surface area contributed by atoms with Crippen LogP contribution in [0, 0.1) is 17.4 Å². The van der Waals surface area contributed by atoms with Gasteiger partial charge in [0.1, 0.15) is 0 Å². The maximum absolute atomic E-state index is 8.68. The lowest BCUT2D eigenvalue weighted by Crippen LogP contribution is -2.05. The molecule has 0 spiro atoms. The van der Waals surface area contributed by atoms with Crippen molar-refractivity contribution in [2.75, 3.05) is 6.61 Å². The summed E-state index contributed by atoms with van der Waals surface area (Å²) in [4.78, 5) is 0. The molecule has 0 radical (unpaired) electrons. The van der Waals surface area contributed by atoms with Gasteiger partial charge in [0.25, 0.3) is 0 Å². The number of aliphatic hydroxyl groups excluding tert-OH is 1. The lowest BCUT2D eigenvalue weighted by molar-refractivity contribution is 0.268. The number of aromatic nitrogens is 2. The van der Waals surface area contributed by atoms with Gasteiger partial charge in [-0.25, -0.2) is 0 Å². The Balaban J connectivity index is 2.98. The second kappa shape index (κ2) is 3.53. The number of hydrogen-bond donors (Lipinski definition) is 1. The van der Waals surface area contributed by atoms with Crippen molar-refractivity contribution in [3.8, 4) is 0 Å². The average Bonchev–Trinajstić information content (AvgIpc) is 2.19. The molecule has 62 valence electrons. The molecule has 1 aromatic rings. The zero-order valence-electron chi connectivity index (χ0n) is 6.63. The fourth-order valence-corrected chi connectivity index (χ4v) is 1.37. The summed E-state index contributed by atoms with van der Waals surface area (Å²) in [5.74, 6) is 0. The summed E-state index contributed by atoms with van der Waals surface area (Å²) in [6.45, 7) is 4.73. The first-order chi connectivity index (χ1) is 5.16. The van der Waals surface area contributed by atoms with E-state index in [-0.39, 0.29) is 6.61 Å². The maximum atomic E-state index is 8.68. The molecule has 0 saturated heterocycles. The van der Waals surface area contributed by atoms with Crippen molar-refractivity contribution in [2.24, 2.45) is 0 Å². The molecule has 11 heavy (non-hydrogen) atoms. The van der Waals surface area contributed by atoms with Crippen LogP contribution >= 0.6 is 22.6 Å². The molecule has 0 saturated carbocycles. The first-order valence-corrected chi connectivity index (χ1v) is 4.55. The van der Waals surface area contributed by atoms with E-state index in [0.717, 1.165) is 11.4 Å². The highest BCUT2D eigenvalue weighted by Gasteiger charge is 2.06.